The highest BCUT2D eigenvalue weighted by atomic mass is 16.2. The second-order valence-electron chi connectivity index (χ2n) is 6.11. The summed E-state index contributed by atoms with van der Waals surface area (Å²) in [5.41, 5.74) is 1.30. The van der Waals surface area contributed by atoms with E-state index in [1.165, 1.54) is 5.56 Å². The van der Waals surface area contributed by atoms with E-state index in [9.17, 15) is 4.79 Å². The van der Waals surface area contributed by atoms with Crippen LogP contribution in [-0.2, 0) is 11.2 Å². The van der Waals surface area contributed by atoms with Gasteiger partial charge in [0.25, 0.3) is 0 Å². The molecule has 116 valence electrons. The fourth-order valence-corrected chi connectivity index (χ4v) is 2.87. The van der Waals surface area contributed by atoms with E-state index < -0.39 is 0 Å². The molecule has 0 radical (unpaired) electrons. The van der Waals surface area contributed by atoms with Crippen molar-refractivity contribution in [3.05, 3.63) is 35.9 Å². The molecule has 1 aliphatic heterocycles. The number of carbonyl (C=O) groups is 1. The van der Waals surface area contributed by atoms with Crippen LogP contribution in [0, 0.1) is 0 Å². The largest absolute Gasteiger partial charge is 0.326 e. The van der Waals surface area contributed by atoms with Gasteiger partial charge >= 0.3 is 0 Å². The minimum Gasteiger partial charge on any atom is -0.326 e. The maximum Gasteiger partial charge on any atom is 0.241 e. The van der Waals surface area contributed by atoms with Crippen LogP contribution in [0.1, 0.15) is 25.3 Å². The molecule has 1 fully saturated rings. The summed E-state index contributed by atoms with van der Waals surface area (Å²) in [6, 6.07) is 10.3. The average Bonchev–Trinajstić information content (AvgIpc) is 2.73. The van der Waals surface area contributed by atoms with Gasteiger partial charge in [0, 0.05) is 6.54 Å². The molecule has 2 rings (SSSR count). The summed E-state index contributed by atoms with van der Waals surface area (Å²) < 4.78 is 0. The van der Waals surface area contributed by atoms with Crippen LogP contribution in [0.3, 0.4) is 0 Å². The van der Waals surface area contributed by atoms with Gasteiger partial charge in [0.1, 0.15) is 0 Å². The summed E-state index contributed by atoms with van der Waals surface area (Å²) >= 11 is 0. The zero-order chi connectivity index (χ0) is 15.2. The van der Waals surface area contributed by atoms with Gasteiger partial charge in [0.2, 0.25) is 5.91 Å². The first-order valence-corrected chi connectivity index (χ1v) is 7.83. The van der Waals surface area contributed by atoms with Crippen molar-refractivity contribution in [3.63, 3.8) is 0 Å². The van der Waals surface area contributed by atoms with Crippen LogP contribution >= 0.6 is 0 Å². The van der Waals surface area contributed by atoms with Crippen molar-refractivity contribution in [1.82, 2.24) is 15.1 Å². The lowest BCUT2D eigenvalue weighted by atomic mass is 10.1. The van der Waals surface area contributed by atoms with Gasteiger partial charge < -0.3 is 9.80 Å². The van der Waals surface area contributed by atoms with Crippen LogP contribution in [0.4, 0.5) is 0 Å². The van der Waals surface area contributed by atoms with Crippen molar-refractivity contribution in [1.29, 1.82) is 0 Å². The molecule has 2 atom stereocenters. The molecule has 1 amide bonds. The van der Waals surface area contributed by atoms with Crippen LogP contribution in [-0.4, -0.2) is 55.1 Å². The van der Waals surface area contributed by atoms with Gasteiger partial charge in [0.15, 0.2) is 0 Å². The molecule has 0 aliphatic carbocycles. The molecule has 1 aliphatic rings. The minimum absolute atomic E-state index is 0.0282. The molecule has 1 saturated heterocycles. The number of hydrogen-bond donors (Lipinski definition) is 1. The molecular formula is C17H27N3O. The fraction of sp³-hybridized carbons (Fsp3) is 0.588. The first-order chi connectivity index (χ1) is 10.1. The third-order valence-corrected chi connectivity index (χ3v) is 4.06. The van der Waals surface area contributed by atoms with Gasteiger partial charge in [-0.2, -0.15) is 0 Å². The van der Waals surface area contributed by atoms with Crippen LogP contribution in [0.5, 0.6) is 0 Å². The Balaban J connectivity index is 1.81. The predicted molar refractivity (Wildman–Crippen MR) is 86.0 cm³/mol. The highest BCUT2D eigenvalue weighted by Gasteiger charge is 2.35. The van der Waals surface area contributed by atoms with E-state index in [4.69, 9.17) is 0 Å². The highest BCUT2D eigenvalue weighted by molar-refractivity contribution is 5.84. The smallest absolute Gasteiger partial charge is 0.241 e. The second-order valence-corrected chi connectivity index (χ2v) is 6.11. The van der Waals surface area contributed by atoms with E-state index in [2.05, 4.69) is 55.5 Å². The monoisotopic (exact) mass is 289 g/mol. The van der Waals surface area contributed by atoms with E-state index in [-0.39, 0.29) is 18.1 Å². The number of nitrogens with zero attached hydrogens (tertiary/aromatic N) is 2. The Hall–Kier alpha value is -1.39. The quantitative estimate of drug-likeness (QED) is 0.830. The van der Waals surface area contributed by atoms with E-state index in [1.807, 2.05) is 11.0 Å². The summed E-state index contributed by atoms with van der Waals surface area (Å²) in [4.78, 5) is 16.6. The van der Waals surface area contributed by atoms with Crippen molar-refractivity contribution in [2.75, 3.05) is 27.2 Å². The van der Waals surface area contributed by atoms with Crippen molar-refractivity contribution >= 4 is 5.91 Å². The number of nitrogens with one attached hydrogen (secondary N) is 1. The molecule has 0 saturated carbocycles. The molecule has 0 spiro atoms. The van der Waals surface area contributed by atoms with Gasteiger partial charge in [0.05, 0.1) is 12.2 Å². The van der Waals surface area contributed by atoms with Crippen LogP contribution in [0.15, 0.2) is 30.3 Å². The van der Waals surface area contributed by atoms with Crippen molar-refractivity contribution < 1.29 is 4.79 Å². The third-order valence-electron chi connectivity index (χ3n) is 4.06. The van der Waals surface area contributed by atoms with E-state index in [0.29, 0.717) is 0 Å². The third kappa shape index (κ3) is 4.55. The van der Waals surface area contributed by atoms with E-state index in [0.717, 1.165) is 32.4 Å². The highest BCUT2D eigenvalue weighted by Crippen LogP contribution is 2.16. The lowest BCUT2D eigenvalue weighted by Gasteiger charge is -2.21. The molecule has 1 aromatic carbocycles. The standard InChI is InChI=1S/C17H27N3O/c1-14-18-16(11-10-15-8-5-4-6-9-15)17(21)20(14)13-7-12-19(2)3/h4-6,8-9,14,16,18H,7,10-13H2,1-3H3. The van der Waals surface area contributed by atoms with Gasteiger partial charge in [-0.25, -0.2) is 0 Å². The van der Waals surface area contributed by atoms with Crippen molar-refractivity contribution in [2.45, 2.75) is 38.4 Å². The van der Waals surface area contributed by atoms with Gasteiger partial charge in [-0.15, -0.1) is 0 Å². The summed E-state index contributed by atoms with van der Waals surface area (Å²) in [6.45, 7) is 3.94. The second kappa shape index (κ2) is 7.57. The Morgan fingerprint density at radius 1 is 1.24 bits per heavy atom. The van der Waals surface area contributed by atoms with Crippen molar-refractivity contribution in [3.8, 4) is 0 Å². The number of hydrogen-bond acceptors (Lipinski definition) is 3. The zero-order valence-electron chi connectivity index (χ0n) is 13.4. The zero-order valence-corrected chi connectivity index (χ0v) is 13.4. The van der Waals surface area contributed by atoms with Gasteiger partial charge in [-0.1, -0.05) is 30.3 Å². The topological polar surface area (TPSA) is 35.6 Å². The molecular weight excluding hydrogens is 262 g/mol. The molecule has 4 heteroatoms. The Labute approximate surface area is 128 Å². The minimum atomic E-state index is -0.0282. The Kier molecular flexibility index (Phi) is 5.76. The van der Waals surface area contributed by atoms with Crippen LogP contribution in [0.25, 0.3) is 0 Å². The maximum absolute atomic E-state index is 12.5. The molecule has 1 aromatic rings. The summed E-state index contributed by atoms with van der Waals surface area (Å²) in [5.74, 6) is 0.261. The number of amides is 1. The van der Waals surface area contributed by atoms with Gasteiger partial charge in [-0.3, -0.25) is 10.1 Å². The first kappa shape index (κ1) is 16.0. The average molecular weight is 289 g/mol. The summed E-state index contributed by atoms with van der Waals surface area (Å²) in [6.07, 6.45) is 3.00. The number of benzene rings is 1. The number of aryl methyl sites for hydroxylation is 1. The first-order valence-electron chi connectivity index (χ1n) is 7.83. The Morgan fingerprint density at radius 3 is 2.62 bits per heavy atom. The van der Waals surface area contributed by atoms with Gasteiger partial charge in [-0.05, 0) is 52.4 Å². The maximum atomic E-state index is 12.5. The lowest BCUT2D eigenvalue weighted by molar-refractivity contribution is -0.130. The molecule has 2 unspecified atom stereocenters. The molecule has 0 bridgehead atoms. The molecule has 0 aromatic heterocycles. The van der Waals surface area contributed by atoms with Crippen molar-refractivity contribution in [2.24, 2.45) is 0 Å². The van der Waals surface area contributed by atoms with E-state index in [1.54, 1.807) is 0 Å². The predicted octanol–water partition coefficient (Wildman–Crippen LogP) is 1.72. The fourth-order valence-electron chi connectivity index (χ4n) is 2.87. The number of rotatable bonds is 7. The molecule has 4 nitrogen and oxygen atoms in total. The molecule has 1 heterocycles. The SMILES string of the molecule is CC1NC(CCc2ccccc2)C(=O)N1CCCN(C)C. The molecule has 21 heavy (non-hydrogen) atoms. The normalized spacial score (nSPS) is 22.3. The Morgan fingerprint density at radius 2 is 1.95 bits per heavy atom. The van der Waals surface area contributed by atoms with E-state index >= 15 is 0 Å². The summed E-state index contributed by atoms with van der Waals surface area (Å²) in [7, 11) is 4.13. The van der Waals surface area contributed by atoms with Crippen LogP contribution in [0.2, 0.25) is 0 Å². The summed E-state index contributed by atoms with van der Waals surface area (Å²) in [5, 5.41) is 3.42. The lowest BCUT2D eigenvalue weighted by Crippen LogP contribution is -2.36. The molecule has 1 N–H and O–H groups in total. The van der Waals surface area contributed by atoms with Crippen LogP contribution < -0.4 is 5.32 Å². The Bertz CT molecular complexity index is 447. The number of carbonyl (C=O) groups excluding carboxylic acids is 1.